The summed E-state index contributed by atoms with van der Waals surface area (Å²) in [6, 6.07) is 2.90. The minimum Gasteiger partial charge on any atom is -0.481 e. The van der Waals surface area contributed by atoms with E-state index in [-0.39, 0.29) is 24.1 Å². The lowest BCUT2D eigenvalue weighted by Gasteiger charge is -2.19. The van der Waals surface area contributed by atoms with Gasteiger partial charge in [-0.05, 0) is 31.9 Å². The van der Waals surface area contributed by atoms with Crippen molar-refractivity contribution in [2.75, 3.05) is 6.54 Å². The number of carboxylic acid groups (broad SMARTS) is 1. The van der Waals surface area contributed by atoms with E-state index in [1.54, 1.807) is 13.0 Å². The molecule has 0 bridgehead atoms. The molecular formula is C11H15NO5S. The average Bonchev–Trinajstić information content (AvgIpc) is 2.99. The minimum absolute atomic E-state index is 0.0118. The largest absolute Gasteiger partial charge is 0.481 e. The van der Waals surface area contributed by atoms with Gasteiger partial charge in [0.15, 0.2) is 0 Å². The summed E-state index contributed by atoms with van der Waals surface area (Å²) in [6.45, 7) is 1.65. The van der Waals surface area contributed by atoms with Crippen LogP contribution in [-0.2, 0) is 14.8 Å². The Morgan fingerprint density at radius 1 is 1.50 bits per heavy atom. The molecule has 1 aromatic rings. The Labute approximate surface area is 105 Å². The maximum atomic E-state index is 12.3. The maximum Gasteiger partial charge on any atom is 0.304 e. The Balaban J connectivity index is 2.21. The van der Waals surface area contributed by atoms with Crippen molar-refractivity contribution in [3.63, 3.8) is 0 Å². The number of furan rings is 1. The quantitative estimate of drug-likeness (QED) is 0.841. The van der Waals surface area contributed by atoms with Crippen LogP contribution in [0.2, 0.25) is 0 Å². The number of carbonyl (C=O) groups is 1. The van der Waals surface area contributed by atoms with Crippen molar-refractivity contribution in [2.45, 2.75) is 37.3 Å². The van der Waals surface area contributed by atoms with Crippen molar-refractivity contribution in [3.8, 4) is 0 Å². The summed E-state index contributed by atoms with van der Waals surface area (Å²) in [5, 5.41) is 8.55. The van der Waals surface area contributed by atoms with Gasteiger partial charge >= 0.3 is 5.97 Å². The summed E-state index contributed by atoms with van der Waals surface area (Å²) in [4.78, 5) is 10.6. The predicted octanol–water partition coefficient (Wildman–Crippen LogP) is 1.22. The summed E-state index contributed by atoms with van der Waals surface area (Å²) in [6.07, 6.45) is 1.35. The van der Waals surface area contributed by atoms with Crippen molar-refractivity contribution in [3.05, 3.63) is 17.9 Å². The molecule has 6 nitrogen and oxygen atoms in total. The van der Waals surface area contributed by atoms with Crippen LogP contribution in [0.15, 0.2) is 21.6 Å². The summed E-state index contributed by atoms with van der Waals surface area (Å²) in [5.41, 5.74) is 0. The summed E-state index contributed by atoms with van der Waals surface area (Å²) < 4.78 is 30.9. The van der Waals surface area contributed by atoms with E-state index in [1.807, 2.05) is 0 Å². The molecule has 1 N–H and O–H groups in total. The third-order valence-electron chi connectivity index (χ3n) is 2.78. The van der Waals surface area contributed by atoms with E-state index in [0.717, 1.165) is 12.8 Å². The molecule has 1 aromatic heterocycles. The van der Waals surface area contributed by atoms with Gasteiger partial charge in [0.1, 0.15) is 5.76 Å². The second-order valence-electron chi connectivity index (χ2n) is 4.36. The molecule has 1 saturated carbocycles. The summed E-state index contributed by atoms with van der Waals surface area (Å²) >= 11 is 0. The molecule has 0 aliphatic heterocycles. The molecule has 1 heterocycles. The van der Waals surface area contributed by atoms with Gasteiger partial charge in [-0.1, -0.05) is 0 Å². The fourth-order valence-electron chi connectivity index (χ4n) is 1.73. The first-order valence-electron chi connectivity index (χ1n) is 5.71. The van der Waals surface area contributed by atoms with Crippen LogP contribution in [0, 0.1) is 6.92 Å². The van der Waals surface area contributed by atoms with Gasteiger partial charge in [-0.25, -0.2) is 8.42 Å². The van der Waals surface area contributed by atoms with Crippen LogP contribution in [-0.4, -0.2) is 36.4 Å². The first kappa shape index (κ1) is 13.1. The Morgan fingerprint density at radius 3 is 2.61 bits per heavy atom. The summed E-state index contributed by atoms with van der Waals surface area (Å²) in [5.74, 6) is -0.492. The summed E-state index contributed by atoms with van der Waals surface area (Å²) in [7, 11) is -3.71. The standard InChI is InChI=1S/C11H15NO5S/c1-8-2-5-11(17-8)18(15,16)12(9-3-4-9)7-6-10(13)14/h2,5,9H,3-4,6-7H2,1H3,(H,13,14). The van der Waals surface area contributed by atoms with Crippen LogP contribution >= 0.6 is 0 Å². The third kappa shape index (κ3) is 2.73. The highest BCUT2D eigenvalue weighted by atomic mass is 32.2. The van der Waals surface area contributed by atoms with Crippen LogP contribution in [0.25, 0.3) is 0 Å². The number of rotatable bonds is 6. The van der Waals surface area contributed by atoms with Gasteiger partial charge in [0, 0.05) is 12.6 Å². The fraction of sp³-hybridized carbons (Fsp3) is 0.545. The Hall–Kier alpha value is -1.34. The molecule has 0 spiro atoms. The van der Waals surface area contributed by atoms with Crippen molar-refractivity contribution in [1.29, 1.82) is 0 Å². The highest BCUT2D eigenvalue weighted by Gasteiger charge is 2.39. The van der Waals surface area contributed by atoms with Gasteiger partial charge in [-0.15, -0.1) is 0 Å². The molecule has 1 aliphatic carbocycles. The topological polar surface area (TPSA) is 87.8 Å². The van der Waals surface area contributed by atoms with Crippen molar-refractivity contribution in [2.24, 2.45) is 0 Å². The lowest BCUT2D eigenvalue weighted by molar-refractivity contribution is -0.137. The molecule has 100 valence electrons. The van der Waals surface area contributed by atoms with E-state index >= 15 is 0 Å². The second-order valence-corrected chi connectivity index (χ2v) is 6.18. The maximum absolute atomic E-state index is 12.3. The van der Waals surface area contributed by atoms with Gasteiger partial charge in [0.05, 0.1) is 6.42 Å². The number of nitrogens with zero attached hydrogens (tertiary/aromatic N) is 1. The van der Waals surface area contributed by atoms with Crippen LogP contribution in [0.4, 0.5) is 0 Å². The predicted molar refractivity (Wildman–Crippen MR) is 62.6 cm³/mol. The van der Waals surface area contributed by atoms with Crippen molar-refractivity contribution < 1.29 is 22.7 Å². The molecule has 1 fully saturated rings. The van der Waals surface area contributed by atoms with Gasteiger partial charge in [0.2, 0.25) is 5.09 Å². The molecule has 0 radical (unpaired) electrons. The monoisotopic (exact) mass is 273 g/mol. The van der Waals surface area contributed by atoms with Crippen LogP contribution < -0.4 is 0 Å². The number of aliphatic carboxylic acids is 1. The highest BCUT2D eigenvalue weighted by molar-refractivity contribution is 7.89. The zero-order chi connectivity index (χ0) is 13.3. The molecule has 1 aliphatic rings. The van der Waals surface area contributed by atoms with Crippen LogP contribution in [0.1, 0.15) is 25.0 Å². The normalized spacial score (nSPS) is 16.1. The lowest BCUT2D eigenvalue weighted by Crippen LogP contribution is -2.34. The van der Waals surface area contributed by atoms with E-state index in [4.69, 9.17) is 9.52 Å². The Morgan fingerprint density at radius 2 is 2.17 bits per heavy atom. The molecule has 0 aromatic carbocycles. The van der Waals surface area contributed by atoms with E-state index in [9.17, 15) is 13.2 Å². The van der Waals surface area contributed by atoms with E-state index in [2.05, 4.69) is 0 Å². The highest BCUT2D eigenvalue weighted by Crippen LogP contribution is 2.32. The smallest absolute Gasteiger partial charge is 0.304 e. The minimum atomic E-state index is -3.71. The number of hydrogen-bond donors (Lipinski definition) is 1. The zero-order valence-electron chi connectivity index (χ0n) is 10.00. The number of aryl methyl sites for hydroxylation is 1. The molecule has 0 atom stereocenters. The molecular weight excluding hydrogens is 258 g/mol. The van der Waals surface area contributed by atoms with Crippen molar-refractivity contribution in [1.82, 2.24) is 4.31 Å². The SMILES string of the molecule is Cc1ccc(S(=O)(=O)N(CCC(=O)O)C2CC2)o1. The zero-order valence-corrected chi connectivity index (χ0v) is 10.8. The second kappa shape index (κ2) is 4.74. The number of sulfonamides is 1. The van der Waals surface area contributed by atoms with Gasteiger partial charge < -0.3 is 9.52 Å². The van der Waals surface area contributed by atoms with E-state index < -0.39 is 16.0 Å². The van der Waals surface area contributed by atoms with Crippen LogP contribution in [0.3, 0.4) is 0 Å². The van der Waals surface area contributed by atoms with E-state index in [0.29, 0.717) is 5.76 Å². The third-order valence-corrected chi connectivity index (χ3v) is 4.60. The van der Waals surface area contributed by atoms with Gasteiger partial charge in [0.25, 0.3) is 10.0 Å². The molecule has 7 heteroatoms. The number of hydrogen-bond acceptors (Lipinski definition) is 4. The molecule has 18 heavy (non-hydrogen) atoms. The van der Waals surface area contributed by atoms with Gasteiger partial charge in [-0.3, -0.25) is 4.79 Å². The fourth-order valence-corrected chi connectivity index (χ4v) is 3.38. The molecule has 0 unspecified atom stereocenters. The van der Waals surface area contributed by atoms with Crippen LogP contribution in [0.5, 0.6) is 0 Å². The first-order valence-corrected chi connectivity index (χ1v) is 7.15. The van der Waals surface area contributed by atoms with E-state index in [1.165, 1.54) is 10.4 Å². The van der Waals surface area contributed by atoms with Gasteiger partial charge in [-0.2, -0.15) is 4.31 Å². The average molecular weight is 273 g/mol. The van der Waals surface area contributed by atoms with Crippen molar-refractivity contribution >= 4 is 16.0 Å². The number of carboxylic acids is 1. The lowest BCUT2D eigenvalue weighted by atomic mass is 10.4. The molecule has 2 rings (SSSR count). The Kier molecular flexibility index (Phi) is 3.45. The molecule has 0 amide bonds. The first-order chi connectivity index (χ1) is 8.41. The Bertz CT molecular complexity index is 544. The molecule has 0 saturated heterocycles.